The molecule has 2 fully saturated rings. The van der Waals surface area contributed by atoms with E-state index in [4.69, 9.17) is 0 Å². The van der Waals surface area contributed by atoms with Crippen molar-refractivity contribution < 1.29 is 9.59 Å². The van der Waals surface area contributed by atoms with Gasteiger partial charge in [0.05, 0.1) is 0 Å². The molecule has 1 aliphatic carbocycles. The number of piperazine rings is 1. The molecule has 27 heavy (non-hydrogen) atoms. The lowest BCUT2D eigenvalue weighted by Crippen LogP contribution is -2.50. The fourth-order valence-corrected chi connectivity index (χ4v) is 4.23. The molecule has 1 saturated carbocycles. The molecule has 2 amide bonds. The first-order valence-corrected chi connectivity index (χ1v) is 10.4. The van der Waals surface area contributed by atoms with Gasteiger partial charge in [0, 0.05) is 50.6 Å². The standard InChI is InChI=1S/C22H33N3O2/c1-17(2)23-21(26)19-8-10-20(11-9-19)22(27)25-14-12-24(13-15-25)16-18-6-4-3-5-7-18/h3-7,17,19-20H,8-16H2,1-2H3,(H,23,26). The van der Waals surface area contributed by atoms with Crippen LogP contribution in [0.3, 0.4) is 0 Å². The number of nitrogens with one attached hydrogen (secondary N) is 1. The molecule has 5 nitrogen and oxygen atoms in total. The lowest BCUT2D eigenvalue weighted by atomic mass is 9.80. The summed E-state index contributed by atoms with van der Waals surface area (Å²) in [5.74, 6) is 0.649. The number of carbonyl (C=O) groups is 2. The van der Waals surface area contributed by atoms with Crippen molar-refractivity contribution in [1.29, 1.82) is 0 Å². The smallest absolute Gasteiger partial charge is 0.225 e. The van der Waals surface area contributed by atoms with Crippen LogP contribution in [-0.4, -0.2) is 53.8 Å². The average Bonchev–Trinajstić information content (AvgIpc) is 2.68. The normalized spacial score (nSPS) is 24.0. The Kier molecular flexibility index (Phi) is 6.89. The third-order valence-electron chi connectivity index (χ3n) is 5.81. The molecule has 2 aliphatic rings. The topological polar surface area (TPSA) is 52.7 Å². The van der Waals surface area contributed by atoms with E-state index < -0.39 is 0 Å². The highest BCUT2D eigenvalue weighted by Crippen LogP contribution is 2.30. The van der Waals surface area contributed by atoms with Gasteiger partial charge in [-0.3, -0.25) is 14.5 Å². The highest BCUT2D eigenvalue weighted by molar-refractivity contribution is 5.81. The lowest BCUT2D eigenvalue weighted by Gasteiger charge is -2.37. The maximum atomic E-state index is 12.9. The number of benzene rings is 1. The van der Waals surface area contributed by atoms with Gasteiger partial charge >= 0.3 is 0 Å². The molecule has 0 radical (unpaired) electrons. The van der Waals surface area contributed by atoms with Crippen molar-refractivity contribution in [3.8, 4) is 0 Å². The average molecular weight is 372 g/mol. The van der Waals surface area contributed by atoms with Gasteiger partial charge in [-0.05, 0) is 45.1 Å². The van der Waals surface area contributed by atoms with Gasteiger partial charge in [0.25, 0.3) is 0 Å². The summed E-state index contributed by atoms with van der Waals surface area (Å²) in [6.07, 6.45) is 3.37. The predicted molar refractivity (Wildman–Crippen MR) is 107 cm³/mol. The number of amides is 2. The molecule has 1 aliphatic heterocycles. The van der Waals surface area contributed by atoms with Gasteiger partial charge in [-0.25, -0.2) is 0 Å². The van der Waals surface area contributed by atoms with Gasteiger partial charge in [-0.15, -0.1) is 0 Å². The van der Waals surface area contributed by atoms with E-state index in [2.05, 4.69) is 34.5 Å². The Bertz CT molecular complexity index is 616. The molecule has 0 aromatic heterocycles. The zero-order valence-corrected chi connectivity index (χ0v) is 16.7. The van der Waals surface area contributed by atoms with Crippen LogP contribution in [0.15, 0.2) is 30.3 Å². The summed E-state index contributed by atoms with van der Waals surface area (Å²) in [5, 5.41) is 3.00. The largest absolute Gasteiger partial charge is 0.354 e. The highest BCUT2D eigenvalue weighted by Gasteiger charge is 2.33. The maximum absolute atomic E-state index is 12.9. The second-order valence-electron chi connectivity index (χ2n) is 8.30. The fourth-order valence-electron chi connectivity index (χ4n) is 4.23. The second-order valence-corrected chi connectivity index (χ2v) is 8.30. The van der Waals surface area contributed by atoms with Crippen LogP contribution >= 0.6 is 0 Å². The fraction of sp³-hybridized carbons (Fsp3) is 0.636. The van der Waals surface area contributed by atoms with Gasteiger partial charge in [0.2, 0.25) is 11.8 Å². The summed E-state index contributed by atoms with van der Waals surface area (Å²) in [4.78, 5) is 29.5. The SMILES string of the molecule is CC(C)NC(=O)C1CCC(C(=O)N2CCN(Cc3ccccc3)CC2)CC1. The number of carbonyl (C=O) groups excluding carboxylic acids is 2. The van der Waals surface area contributed by atoms with Gasteiger partial charge in [0.15, 0.2) is 0 Å². The molecule has 0 atom stereocenters. The molecule has 1 N–H and O–H groups in total. The number of nitrogens with zero attached hydrogens (tertiary/aromatic N) is 2. The van der Waals surface area contributed by atoms with Gasteiger partial charge in [-0.2, -0.15) is 0 Å². The van der Waals surface area contributed by atoms with Crippen molar-refractivity contribution in [3.05, 3.63) is 35.9 Å². The molecular weight excluding hydrogens is 338 g/mol. The minimum atomic E-state index is 0.0826. The molecule has 1 heterocycles. The molecule has 3 rings (SSSR count). The Morgan fingerprint density at radius 3 is 2.15 bits per heavy atom. The molecular formula is C22H33N3O2. The summed E-state index contributed by atoms with van der Waals surface area (Å²) in [6.45, 7) is 8.45. The van der Waals surface area contributed by atoms with E-state index in [9.17, 15) is 9.59 Å². The number of rotatable bonds is 5. The molecule has 1 aromatic carbocycles. The van der Waals surface area contributed by atoms with E-state index in [1.807, 2.05) is 24.8 Å². The first-order chi connectivity index (χ1) is 13.0. The second kappa shape index (κ2) is 9.36. The van der Waals surface area contributed by atoms with Crippen molar-refractivity contribution in [2.24, 2.45) is 11.8 Å². The van der Waals surface area contributed by atoms with E-state index in [1.54, 1.807) is 0 Å². The predicted octanol–water partition coefficient (Wildman–Crippen LogP) is 2.66. The minimum absolute atomic E-state index is 0.0826. The molecule has 0 spiro atoms. The molecule has 148 valence electrons. The van der Waals surface area contributed by atoms with E-state index in [1.165, 1.54) is 5.56 Å². The van der Waals surface area contributed by atoms with Crippen molar-refractivity contribution in [1.82, 2.24) is 15.1 Å². The van der Waals surface area contributed by atoms with Crippen molar-refractivity contribution in [2.45, 2.75) is 52.1 Å². The van der Waals surface area contributed by atoms with Crippen LogP contribution < -0.4 is 5.32 Å². The Morgan fingerprint density at radius 2 is 1.56 bits per heavy atom. The van der Waals surface area contributed by atoms with Crippen LogP contribution in [0.5, 0.6) is 0 Å². The summed E-state index contributed by atoms with van der Waals surface area (Å²) in [6, 6.07) is 10.7. The third kappa shape index (κ3) is 5.55. The molecule has 0 bridgehead atoms. The Labute approximate surface area is 163 Å². The Hall–Kier alpha value is -1.88. The van der Waals surface area contributed by atoms with Crippen LogP contribution in [0.4, 0.5) is 0 Å². The monoisotopic (exact) mass is 371 g/mol. The van der Waals surface area contributed by atoms with Crippen LogP contribution in [0, 0.1) is 11.8 Å². The van der Waals surface area contributed by atoms with Gasteiger partial charge in [-0.1, -0.05) is 30.3 Å². The van der Waals surface area contributed by atoms with Crippen LogP contribution in [0.1, 0.15) is 45.1 Å². The minimum Gasteiger partial charge on any atom is -0.354 e. The number of hydrogen-bond acceptors (Lipinski definition) is 3. The molecule has 1 saturated heterocycles. The highest BCUT2D eigenvalue weighted by atomic mass is 16.2. The maximum Gasteiger partial charge on any atom is 0.225 e. The molecule has 5 heteroatoms. The zero-order chi connectivity index (χ0) is 19.2. The summed E-state index contributed by atoms with van der Waals surface area (Å²) >= 11 is 0. The first-order valence-electron chi connectivity index (χ1n) is 10.4. The van der Waals surface area contributed by atoms with Gasteiger partial charge < -0.3 is 10.2 Å². The van der Waals surface area contributed by atoms with Crippen molar-refractivity contribution in [2.75, 3.05) is 26.2 Å². The van der Waals surface area contributed by atoms with Crippen LogP contribution in [0.25, 0.3) is 0 Å². The van der Waals surface area contributed by atoms with Gasteiger partial charge in [0.1, 0.15) is 0 Å². The summed E-state index contributed by atoms with van der Waals surface area (Å²) in [7, 11) is 0. The lowest BCUT2D eigenvalue weighted by molar-refractivity contribution is -0.140. The van der Waals surface area contributed by atoms with E-state index >= 15 is 0 Å². The molecule has 1 aromatic rings. The Balaban J connectivity index is 1.41. The van der Waals surface area contributed by atoms with Crippen LogP contribution in [0.2, 0.25) is 0 Å². The van der Waals surface area contributed by atoms with Crippen molar-refractivity contribution >= 4 is 11.8 Å². The van der Waals surface area contributed by atoms with E-state index in [0.29, 0.717) is 5.91 Å². The third-order valence-corrected chi connectivity index (χ3v) is 5.81. The first kappa shape index (κ1) is 19.9. The quantitative estimate of drug-likeness (QED) is 0.866. The van der Waals surface area contributed by atoms with E-state index in [-0.39, 0.29) is 23.8 Å². The van der Waals surface area contributed by atoms with Crippen LogP contribution in [-0.2, 0) is 16.1 Å². The Morgan fingerprint density at radius 1 is 0.963 bits per heavy atom. The molecule has 0 unspecified atom stereocenters. The number of hydrogen-bond donors (Lipinski definition) is 1. The summed E-state index contributed by atoms with van der Waals surface area (Å²) < 4.78 is 0. The zero-order valence-electron chi connectivity index (χ0n) is 16.7. The van der Waals surface area contributed by atoms with E-state index in [0.717, 1.165) is 58.4 Å². The summed E-state index contributed by atoms with van der Waals surface area (Å²) in [5.41, 5.74) is 1.33. The van der Waals surface area contributed by atoms with Crippen molar-refractivity contribution in [3.63, 3.8) is 0 Å².